The maximum Gasteiger partial charge on any atom is 0.276 e. The highest BCUT2D eigenvalue weighted by molar-refractivity contribution is 8.14. The van der Waals surface area contributed by atoms with Gasteiger partial charge in [0, 0.05) is 11.0 Å². The summed E-state index contributed by atoms with van der Waals surface area (Å²) < 4.78 is 1.68. The first-order valence-electron chi connectivity index (χ1n) is 9.99. The molecule has 1 amide bonds. The molecule has 0 aliphatic carbocycles. The number of fused-ring (bicyclic) bond motifs is 2. The average molecular weight is 463 g/mol. The number of carbonyl (C=O) groups excluding carboxylic acids is 1. The molecule has 7 nitrogen and oxygen atoms in total. The minimum absolute atomic E-state index is 0.233. The number of nitrogens with one attached hydrogen (secondary N) is 1. The van der Waals surface area contributed by atoms with Crippen LogP contribution in [0.25, 0.3) is 11.4 Å². The van der Waals surface area contributed by atoms with Gasteiger partial charge in [-0.2, -0.15) is 5.10 Å². The maximum atomic E-state index is 13.1. The molecule has 0 fully saturated rings. The van der Waals surface area contributed by atoms with Gasteiger partial charge in [-0.25, -0.2) is 9.69 Å². The molecule has 3 heterocycles. The predicted octanol–water partition coefficient (Wildman–Crippen LogP) is 2.90. The molecule has 2 aromatic carbocycles. The SMILES string of the molecule is C=CCSC1=NN2C(=c3ccccc3=NC2c2c(C)nn(-c3ccccc3)c2Cl)C(=O)N1. The van der Waals surface area contributed by atoms with Gasteiger partial charge in [0.1, 0.15) is 10.9 Å². The van der Waals surface area contributed by atoms with Crippen molar-refractivity contribution in [3.63, 3.8) is 0 Å². The summed E-state index contributed by atoms with van der Waals surface area (Å²) in [5.74, 6) is 0.384. The molecule has 160 valence electrons. The van der Waals surface area contributed by atoms with Crippen molar-refractivity contribution in [3.05, 3.63) is 94.2 Å². The van der Waals surface area contributed by atoms with Crippen LogP contribution in [0.2, 0.25) is 5.15 Å². The Morgan fingerprint density at radius 3 is 2.72 bits per heavy atom. The topological polar surface area (TPSA) is 74.9 Å². The second kappa shape index (κ2) is 8.29. The van der Waals surface area contributed by atoms with Crippen LogP contribution in [0.3, 0.4) is 0 Å². The molecule has 0 bridgehead atoms. The average Bonchev–Trinajstić information content (AvgIpc) is 3.11. The van der Waals surface area contributed by atoms with Crippen molar-refractivity contribution in [2.24, 2.45) is 10.1 Å². The maximum absolute atomic E-state index is 13.1. The van der Waals surface area contributed by atoms with Crippen LogP contribution in [0.5, 0.6) is 0 Å². The number of nitrogens with zero attached hydrogens (tertiary/aromatic N) is 5. The first-order chi connectivity index (χ1) is 15.6. The minimum Gasteiger partial charge on any atom is -0.298 e. The van der Waals surface area contributed by atoms with Crippen LogP contribution in [0.4, 0.5) is 0 Å². The van der Waals surface area contributed by atoms with E-state index in [-0.39, 0.29) is 5.91 Å². The molecule has 3 aromatic rings. The number of thioether (sulfide) groups is 1. The third-order valence-corrected chi connectivity index (χ3v) is 6.38. The van der Waals surface area contributed by atoms with Crippen molar-refractivity contribution in [2.75, 3.05) is 5.75 Å². The van der Waals surface area contributed by atoms with Gasteiger partial charge in [0.05, 0.1) is 22.3 Å². The Kier molecular flexibility index (Phi) is 5.32. The molecule has 5 rings (SSSR count). The van der Waals surface area contributed by atoms with Crippen molar-refractivity contribution < 1.29 is 4.79 Å². The second-order valence-electron chi connectivity index (χ2n) is 7.21. The van der Waals surface area contributed by atoms with E-state index in [0.717, 1.165) is 10.9 Å². The highest BCUT2D eigenvalue weighted by Crippen LogP contribution is 2.37. The van der Waals surface area contributed by atoms with Gasteiger partial charge < -0.3 is 0 Å². The van der Waals surface area contributed by atoms with Crippen LogP contribution in [0.15, 0.2) is 77.3 Å². The Balaban J connectivity index is 1.71. The number of hydrogen-bond acceptors (Lipinski definition) is 6. The lowest BCUT2D eigenvalue weighted by Crippen LogP contribution is -2.50. The molecule has 0 radical (unpaired) electrons. The zero-order chi connectivity index (χ0) is 22.2. The number of hydrazone groups is 1. The molecule has 1 aromatic heterocycles. The predicted molar refractivity (Wildman–Crippen MR) is 127 cm³/mol. The first kappa shape index (κ1) is 20.5. The summed E-state index contributed by atoms with van der Waals surface area (Å²) in [6.45, 7) is 5.62. The minimum atomic E-state index is -0.629. The fourth-order valence-corrected chi connectivity index (χ4v) is 4.72. The Morgan fingerprint density at radius 2 is 1.94 bits per heavy atom. The summed E-state index contributed by atoms with van der Waals surface area (Å²) in [5.41, 5.74) is 2.70. The molecular formula is C23H19ClN6OS. The first-order valence-corrected chi connectivity index (χ1v) is 11.4. The van der Waals surface area contributed by atoms with E-state index >= 15 is 0 Å². The third kappa shape index (κ3) is 3.41. The third-order valence-electron chi connectivity index (χ3n) is 5.16. The standard InChI is InChI=1S/C23H19ClN6OS/c1-3-13-32-23-26-22(31)19-16-11-7-8-12-17(16)25-21(30(19)28-23)18-14(2)27-29(20(18)24)15-9-5-4-6-10-15/h3-12,21H,1,13H2,2H3,(H,26,28,31). The fraction of sp³-hybridized carbons (Fsp3) is 0.130. The number of aryl methyl sites for hydroxylation is 1. The van der Waals surface area contributed by atoms with Crippen molar-refractivity contribution >= 4 is 40.1 Å². The molecule has 0 saturated carbocycles. The summed E-state index contributed by atoms with van der Waals surface area (Å²) in [5, 5.41) is 16.3. The monoisotopic (exact) mass is 462 g/mol. The van der Waals surface area contributed by atoms with Crippen LogP contribution in [0.1, 0.15) is 17.4 Å². The lowest BCUT2D eigenvalue weighted by Gasteiger charge is -2.33. The summed E-state index contributed by atoms with van der Waals surface area (Å²) in [6, 6.07) is 17.2. The van der Waals surface area contributed by atoms with Crippen molar-refractivity contribution in [1.29, 1.82) is 0 Å². The molecule has 0 spiro atoms. The van der Waals surface area contributed by atoms with E-state index in [9.17, 15) is 4.79 Å². The van der Waals surface area contributed by atoms with E-state index < -0.39 is 6.17 Å². The van der Waals surface area contributed by atoms with Gasteiger partial charge in [0.2, 0.25) is 0 Å². The van der Waals surface area contributed by atoms with Gasteiger partial charge in [-0.1, -0.05) is 65.8 Å². The number of rotatable bonds is 4. The van der Waals surface area contributed by atoms with E-state index in [1.54, 1.807) is 15.8 Å². The number of benzene rings is 2. The van der Waals surface area contributed by atoms with Gasteiger partial charge >= 0.3 is 0 Å². The Bertz CT molecular complexity index is 1380. The van der Waals surface area contributed by atoms with Gasteiger partial charge in [-0.15, -0.1) is 11.7 Å². The molecular weight excluding hydrogens is 444 g/mol. The number of carbonyl (C=O) groups is 1. The highest BCUT2D eigenvalue weighted by atomic mass is 35.5. The number of amides is 1. The Morgan fingerprint density at radius 1 is 1.19 bits per heavy atom. The zero-order valence-corrected chi connectivity index (χ0v) is 18.8. The van der Waals surface area contributed by atoms with Crippen LogP contribution in [-0.2, 0) is 4.79 Å². The van der Waals surface area contributed by atoms with Gasteiger partial charge in [0.15, 0.2) is 11.3 Å². The van der Waals surface area contributed by atoms with E-state index in [0.29, 0.717) is 38.4 Å². The lowest BCUT2D eigenvalue weighted by atomic mass is 10.1. The summed E-state index contributed by atoms with van der Waals surface area (Å²) >= 11 is 8.24. The van der Waals surface area contributed by atoms with E-state index in [1.165, 1.54) is 11.8 Å². The van der Waals surface area contributed by atoms with Crippen LogP contribution < -0.4 is 15.9 Å². The van der Waals surface area contributed by atoms with Crippen molar-refractivity contribution in [1.82, 2.24) is 20.1 Å². The van der Waals surface area contributed by atoms with E-state index in [2.05, 4.69) is 17.0 Å². The lowest BCUT2D eigenvalue weighted by molar-refractivity contribution is -0.116. The largest absolute Gasteiger partial charge is 0.298 e. The molecule has 1 unspecified atom stereocenters. The van der Waals surface area contributed by atoms with Crippen molar-refractivity contribution in [2.45, 2.75) is 13.1 Å². The normalized spacial score (nSPS) is 17.1. The highest BCUT2D eigenvalue weighted by Gasteiger charge is 2.37. The number of amidine groups is 1. The molecule has 32 heavy (non-hydrogen) atoms. The molecule has 0 saturated heterocycles. The van der Waals surface area contributed by atoms with Crippen LogP contribution in [-0.4, -0.2) is 31.6 Å². The molecule has 9 heteroatoms. The van der Waals surface area contributed by atoms with Crippen molar-refractivity contribution in [3.8, 4) is 5.69 Å². The zero-order valence-electron chi connectivity index (χ0n) is 17.2. The summed E-state index contributed by atoms with van der Waals surface area (Å²) in [7, 11) is 0. The molecule has 1 N–H and O–H groups in total. The second-order valence-corrected chi connectivity index (χ2v) is 8.58. The fourth-order valence-electron chi connectivity index (χ4n) is 3.76. The quantitative estimate of drug-likeness (QED) is 0.605. The summed E-state index contributed by atoms with van der Waals surface area (Å²) in [4.78, 5) is 18.1. The number of para-hydroxylation sites is 2. The Labute approximate surface area is 193 Å². The van der Waals surface area contributed by atoms with Crippen LogP contribution >= 0.6 is 23.4 Å². The molecule has 1 atom stereocenters. The van der Waals surface area contributed by atoms with E-state index in [1.807, 2.05) is 61.5 Å². The molecule has 2 aliphatic heterocycles. The number of halogens is 1. The number of hydrogen-bond donors (Lipinski definition) is 1. The smallest absolute Gasteiger partial charge is 0.276 e. The summed E-state index contributed by atoms with van der Waals surface area (Å²) in [6.07, 6.45) is 1.13. The molecule has 2 aliphatic rings. The van der Waals surface area contributed by atoms with Gasteiger partial charge in [0.25, 0.3) is 5.91 Å². The van der Waals surface area contributed by atoms with Gasteiger partial charge in [-0.05, 0) is 25.1 Å². The van der Waals surface area contributed by atoms with Gasteiger partial charge in [-0.3, -0.25) is 15.1 Å². The van der Waals surface area contributed by atoms with Crippen LogP contribution in [0, 0.1) is 6.92 Å². The Hall–Kier alpha value is -3.36. The van der Waals surface area contributed by atoms with E-state index in [4.69, 9.17) is 21.7 Å². The number of aromatic nitrogens is 2.